The Morgan fingerprint density at radius 1 is 1.12 bits per heavy atom. The van der Waals surface area contributed by atoms with E-state index in [2.05, 4.69) is 5.32 Å². The average Bonchev–Trinajstić information content (AvgIpc) is 3.32. The third-order valence-corrected chi connectivity index (χ3v) is 7.93. The van der Waals surface area contributed by atoms with Crippen LogP contribution in [0, 0.1) is 5.82 Å². The normalized spacial score (nSPS) is 15.6. The van der Waals surface area contributed by atoms with Gasteiger partial charge in [-0.25, -0.2) is 12.8 Å². The number of hydrogen-bond donors (Lipinski definition) is 1. The van der Waals surface area contributed by atoms with Crippen LogP contribution in [0.15, 0.2) is 46.7 Å². The number of halogens is 1. The van der Waals surface area contributed by atoms with Crippen molar-refractivity contribution in [1.82, 2.24) is 14.5 Å². The summed E-state index contributed by atoms with van der Waals surface area (Å²) in [7, 11) is -3.79. The highest BCUT2D eigenvalue weighted by Gasteiger charge is 2.30. The maximum Gasteiger partial charge on any atom is 0.308 e. The summed E-state index contributed by atoms with van der Waals surface area (Å²) in [6.45, 7) is 1.30. The van der Waals surface area contributed by atoms with E-state index in [-0.39, 0.29) is 43.4 Å². The number of carbonyl (C=O) groups is 3. The third-order valence-electron chi connectivity index (χ3n) is 5.03. The molecule has 2 amide bonds. The predicted molar refractivity (Wildman–Crippen MR) is 118 cm³/mol. The molecule has 1 N–H and O–H groups in total. The van der Waals surface area contributed by atoms with E-state index in [9.17, 15) is 27.2 Å². The first-order chi connectivity index (χ1) is 15.7. The van der Waals surface area contributed by atoms with Crippen LogP contribution in [0.3, 0.4) is 0 Å². The first-order valence-corrected chi connectivity index (χ1v) is 12.5. The number of carbonyl (C=O) groups excluding carboxylic acids is 3. The number of ether oxygens (including phenoxy) is 1. The fourth-order valence-corrected chi connectivity index (χ4v) is 5.55. The van der Waals surface area contributed by atoms with Crippen LogP contribution in [-0.2, 0) is 29.1 Å². The Morgan fingerprint density at radius 2 is 1.79 bits per heavy atom. The highest BCUT2D eigenvalue weighted by Crippen LogP contribution is 2.22. The van der Waals surface area contributed by atoms with Gasteiger partial charge in [-0.15, -0.1) is 11.3 Å². The van der Waals surface area contributed by atoms with Gasteiger partial charge in [0.25, 0.3) is 5.91 Å². The van der Waals surface area contributed by atoms with Crippen LogP contribution in [-0.4, -0.2) is 68.2 Å². The van der Waals surface area contributed by atoms with Gasteiger partial charge >= 0.3 is 5.97 Å². The molecule has 2 aromatic rings. The standard InChI is InChI=1S/C21H24FN3O6S2/c1-15(26)23-18(19-3-2-12-32-19)13-21(28)31-14-20(27)24-8-10-25(11-9-24)33(29,30)17-6-4-16(22)5-7-17/h2-7,12,18H,8-11,13-14H2,1H3,(H,23,26). The van der Waals surface area contributed by atoms with Crippen LogP contribution in [0.25, 0.3) is 0 Å². The largest absolute Gasteiger partial charge is 0.455 e. The predicted octanol–water partition coefficient (Wildman–Crippen LogP) is 1.53. The molecule has 0 saturated carbocycles. The summed E-state index contributed by atoms with van der Waals surface area (Å²) in [5.41, 5.74) is 0. The highest BCUT2D eigenvalue weighted by atomic mass is 32.2. The van der Waals surface area contributed by atoms with Crippen molar-refractivity contribution >= 4 is 39.1 Å². The van der Waals surface area contributed by atoms with Gasteiger partial charge in [0, 0.05) is 38.0 Å². The van der Waals surface area contributed by atoms with Crippen molar-refractivity contribution < 1.29 is 31.9 Å². The lowest BCUT2D eigenvalue weighted by Gasteiger charge is -2.33. The number of amides is 2. The Kier molecular flexibility index (Phi) is 8.16. The molecule has 1 aromatic carbocycles. The summed E-state index contributed by atoms with van der Waals surface area (Å²) in [6.07, 6.45) is -0.114. The number of hydrogen-bond acceptors (Lipinski definition) is 7. The van der Waals surface area contributed by atoms with Crippen molar-refractivity contribution in [3.63, 3.8) is 0 Å². The summed E-state index contributed by atoms with van der Waals surface area (Å²) < 4.78 is 44.7. The van der Waals surface area contributed by atoms with Gasteiger partial charge in [0.2, 0.25) is 15.9 Å². The number of thiophene rings is 1. The van der Waals surface area contributed by atoms with Gasteiger partial charge in [0.1, 0.15) is 5.82 Å². The number of sulfonamides is 1. The monoisotopic (exact) mass is 497 g/mol. The first kappa shape index (κ1) is 24.8. The van der Waals surface area contributed by atoms with Gasteiger partial charge in [-0.1, -0.05) is 6.07 Å². The number of rotatable bonds is 8. The Morgan fingerprint density at radius 3 is 2.36 bits per heavy atom. The zero-order chi connectivity index (χ0) is 24.0. The van der Waals surface area contributed by atoms with Gasteiger partial charge in [0.05, 0.1) is 17.4 Å². The molecule has 1 fully saturated rings. The molecule has 2 heterocycles. The van der Waals surface area contributed by atoms with E-state index in [1.54, 1.807) is 12.1 Å². The fraction of sp³-hybridized carbons (Fsp3) is 0.381. The molecular weight excluding hydrogens is 473 g/mol. The van der Waals surface area contributed by atoms with Crippen LogP contribution >= 0.6 is 11.3 Å². The minimum atomic E-state index is -3.79. The average molecular weight is 498 g/mol. The molecule has 1 saturated heterocycles. The van der Waals surface area contributed by atoms with Crippen LogP contribution in [0.2, 0.25) is 0 Å². The van der Waals surface area contributed by atoms with Gasteiger partial charge < -0.3 is 15.0 Å². The van der Waals surface area contributed by atoms with Crippen molar-refractivity contribution in [2.24, 2.45) is 0 Å². The summed E-state index contributed by atoms with van der Waals surface area (Å²) in [6, 6.07) is 7.62. The second kappa shape index (κ2) is 10.9. The van der Waals surface area contributed by atoms with Crippen molar-refractivity contribution in [2.45, 2.75) is 24.3 Å². The quantitative estimate of drug-likeness (QED) is 0.554. The molecule has 3 rings (SSSR count). The van der Waals surface area contributed by atoms with Crippen molar-refractivity contribution in [2.75, 3.05) is 32.8 Å². The molecule has 1 aliphatic heterocycles. The Bertz CT molecular complexity index is 1080. The van der Waals surface area contributed by atoms with E-state index in [0.29, 0.717) is 0 Å². The maximum absolute atomic E-state index is 13.1. The molecule has 0 aliphatic carbocycles. The molecule has 0 spiro atoms. The Balaban J connectivity index is 1.48. The Labute approximate surface area is 195 Å². The zero-order valence-electron chi connectivity index (χ0n) is 17.9. The van der Waals surface area contributed by atoms with E-state index >= 15 is 0 Å². The van der Waals surface area contributed by atoms with Crippen molar-refractivity contribution in [3.05, 3.63) is 52.5 Å². The van der Waals surface area contributed by atoms with Gasteiger partial charge in [0.15, 0.2) is 6.61 Å². The summed E-state index contributed by atoms with van der Waals surface area (Å²) >= 11 is 1.39. The minimum Gasteiger partial charge on any atom is -0.455 e. The molecule has 178 valence electrons. The second-order valence-corrected chi connectivity index (χ2v) is 10.3. The molecule has 33 heavy (non-hydrogen) atoms. The molecule has 0 radical (unpaired) electrons. The van der Waals surface area contributed by atoms with E-state index in [1.807, 2.05) is 5.38 Å². The Hall–Kier alpha value is -2.83. The summed E-state index contributed by atoms with van der Waals surface area (Å²) in [5, 5.41) is 4.52. The topological polar surface area (TPSA) is 113 Å². The summed E-state index contributed by atoms with van der Waals surface area (Å²) in [4.78, 5) is 38.3. The molecule has 0 bridgehead atoms. The van der Waals surface area contributed by atoms with Crippen LogP contribution in [0.1, 0.15) is 24.3 Å². The van der Waals surface area contributed by atoms with Gasteiger partial charge in [-0.05, 0) is 35.7 Å². The lowest BCUT2D eigenvalue weighted by molar-refractivity contribution is -0.153. The maximum atomic E-state index is 13.1. The van der Waals surface area contributed by atoms with Crippen LogP contribution in [0.5, 0.6) is 0 Å². The van der Waals surface area contributed by atoms with Gasteiger partial charge in [-0.3, -0.25) is 14.4 Å². The van der Waals surface area contributed by atoms with Crippen molar-refractivity contribution in [1.29, 1.82) is 0 Å². The van der Waals surface area contributed by atoms with Crippen molar-refractivity contribution in [3.8, 4) is 0 Å². The molecule has 1 unspecified atom stereocenters. The first-order valence-electron chi connectivity index (χ1n) is 10.2. The van der Waals surface area contributed by atoms with E-state index in [4.69, 9.17) is 4.74 Å². The highest BCUT2D eigenvalue weighted by molar-refractivity contribution is 7.89. The lowest BCUT2D eigenvalue weighted by Crippen LogP contribution is -2.51. The second-order valence-electron chi connectivity index (χ2n) is 7.37. The number of piperazine rings is 1. The van der Waals surface area contributed by atoms with Crippen LogP contribution < -0.4 is 5.32 Å². The van der Waals surface area contributed by atoms with E-state index in [1.165, 1.54) is 39.6 Å². The number of nitrogens with zero attached hydrogens (tertiary/aromatic N) is 2. The number of benzene rings is 1. The fourth-order valence-electron chi connectivity index (χ4n) is 3.35. The number of esters is 1. The SMILES string of the molecule is CC(=O)NC(CC(=O)OCC(=O)N1CCN(S(=O)(=O)c2ccc(F)cc2)CC1)c1cccs1. The lowest BCUT2D eigenvalue weighted by atomic mass is 10.1. The molecule has 1 atom stereocenters. The molecule has 9 nitrogen and oxygen atoms in total. The number of nitrogens with one attached hydrogen (secondary N) is 1. The minimum absolute atomic E-state index is 0.0166. The molecular formula is C21H24FN3O6S2. The van der Waals surface area contributed by atoms with E-state index < -0.39 is 40.4 Å². The van der Waals surface area contributed by atoms with E-state index in [0.717, 1.165) is 17.0 Å². The third kappa shape index (κ3) is 6.59. The molecule has 1 aromatic heterocycles. The molecule has 12 heteroatoms. The zero-order valence-corrected chi connectivity index (χ0v) is 19.5. The van der Waals surface area contributed by atoms with Crippen LogP contribution in [0.4, 0.5) is 4.39 Å². The summed E-state index contributed by atoms with van der Waals surface area (Å²) in [5.74, 6) is -1.88. The molecule has 1 aliphatic rings. The van der Waals surface area contributed by atoms with Gasteiger partial charge in [-0.2, -0.15) is 4.31 Å². The smallest absolute Gasteiger partial charge is 0.308 e.